The average molecular weight is 237 g/mol. The van der Waals surface area contributed by atoms with E-state index < -0.39 is 11.9 Å². The van der Waals surface area contributed by atoms with Gasteiger partial charge in [0.15, 0.2) is 0 Å². The molecule has 0 spiro atoms. The van der Waals surface area contributed by atoms with Crippen LogP contribution in [0.15, 0.2) is 18.2 Å². The number of carboxylic acid groups (broad SMARTS) is 2. The van der Waals surface area contributed by atoms with Crippen LogP contribution in [0.2, 0.25) is 0 Å². The van der Waals surface area contributed by atoms with E-state index in [2.05, 4.69) is 5.32 Å². The molecule has 0 heterocycles. The molecule has 0 unspecified atom stereocenters. The Bertz CT molecular complexity index is 440. The number of anilines is 1. The van der Waals surface area contributed by atoms with Gasteiger partial charge in [0.05, 0.1) is 11.1 Å². The van der Waals surface area contributed by atoms with Gasteiger partial charge in [0.2, 0.25) is 0 Å². The normalized spacial score (nSPS) is 10.3. The van der Waals surface area contributed by atoms with Crippen molar-refractivity contribution in [2.45, 2.75) is 13.8 Å². The molecular weight excluding hydrogens is 222 g/mol. The van der Waals surface area contributed by atoms with Gasteiger partial charge in [0, 0.05) is 12.2 Å². The summed E-state index contributed by atoms with van der Waals surface area (Å²) in [6.07, 6.45) is 0. The second kappa shape index (κ2) is 5.34. The van der Waals surface area contributed by atoms with Gasteiger partial charge in [-0.3, -0.25) is 0 Å². The molecular formula is C12H15NO4. The van der Waals surface area contributed by atoms with Gasteiger partial charge in [-0.25, -0.2) is 9.59 Å². The summed E-state index contributed by atoms with van der Waals surface area (Å²) < 4.78 is 0. The van der Waals surface area contributed by atoms with E-state index in [4.69, 9.17) is 10.2 Å². The monoisotopic (exact) mass is 237 g/mol. The summed E-state index contributed by atoms with van der Waals surface area (Å²) in [5.41, 5.74) is -0.0574. The highest BCUT2D eigenvalue weighted by Crippen LogP contribution is 2.20. The highest BCUT2D eigenvalue weighted by atomic mass is 16.4. The number of hydrogen-bond acceptors (Lipinski definition) is 3. The van der Waals surface area contributed by atoms with Crippen molar-refractivity contribution in [3.63, 3.8) is 0 Å². The van der Waals surface area contributed by atoms with E-state index >= 15 is 0 Å². The van der Waals surface area contributed by atoms with E-state index in [9.17, 15) is 9.59 Å². The van der Waals surface area contributed by atoms with Crippen LogP contribution >= 0.6 is 0 Å². The van der Waals surface area contributed by atoms with Crippen LogP contribution in [-0.2, 0) is 0 Å². The summed E-state index contributed by atoms with van der Waals surface area (Å²) in [6.45, 7) is 4.55. The molecule has 0 aliphatic heterocycles. The van der Waals surface area contributed by atoms with Crippen LogP contribution in [0.25, 0.3) is 0 Å². The van der Waals surface area contributed by atoms with E-state index in [-0.39, 0.29) is 11.1 Å². The third-order valence-corrected chi connectivity index (χ3v) is 2.21. The smallest absolute Gasteiger partial charge is 0.338 e. The Labute approximate surface area is 99.1 Å². The second-order valence-corrected chi connectivity index (χ2v) is 4.11. The van der Waals surface area contributed by atoms with Crippen molar-refractivity contribution in [1.82, 2.24) is 0 Å². The fourth-order valence-corrected chi connectivity index (χ4v) is 1.42. The van der Waals surface area contributed by atoms with E-state index in [1.54, 1.807) is 6.07 Å². The molecule has 0 aliphatic carbocycles. The van der Waals surface area contributed by atoms with Gasteiger partial charge in [-0.1, -0.05) is 19.9 Å². The maximum atomic E-state index is 11.1. The molecule has 3 N–H and O–H groups in total. The maximum Gasteiger partial charge on any atom is 0.338 e. The minimum atomic E-state index is -1.24. The molecule has 1 aromatic rings. The zero-order valence-electron chi connectivity index (χ0n) is 9.73. The Morgan fingerprint density at radius 2 is 1.88 bits per heavy atom. The number of carbonyl (C=O) groups is 2. The topological polar surface area (TPSA) is 86.6 Å². The third kappa shape index (κ3) is 3.21. The molecule has 17 heavy (non-hydrogen) atoms. The minimum absolute atomic E-state index is 0.194. The van der Waals surface area contributed by atoms with E-state index in [1.807, 2.05) is 13.8 Å². The lowest BCUT2D eigenvalue weighted by atomic mass is 10.0. The second-order valence-electron chi connectivity index (χ2n) is 4.11. The van der Waals surface area contributed by atoms with Gasteiger partial charge in [0.25, 0.3) is 0 Å². The number of nitrogens with one attached hydrogen (secondary N) is 1. The Hall–Kier alpha value is -2.04. The van der Waals surface area contributed by atoms with Crippen LogP contribution in [0.3, 0.4) is 0 Å². The van der Waals surface area contributed by atoms with Crippen molar-refractivity contribution in [3.8, 4) is 0 Å². The molecule has 92 valence electrons. The fourth-order valence-electron chi connectivity index (χ4n) is 1.42. The largest absolute Gasteiger partial charge is 0.478 e. The quantitative estimate of drug-likeness (QED) is 0.730. The molecule has 0 aromatic heterocycles. The molecule has 0 bridgehead atoms. The van der Waals surface area contributed by atoms with E-state index in [0.29, 0.717) is 18.2 Å². The van der Waals surface area contributed by atoms with Crippen molar-refractivity contribution in [3.05, 3.63) is 29.3 Å². The molecule has 1 rings (SSSR count). The number of hydrogen-bond donors (Lipinski definition) is 3. The third-order valence-electron chi connectivity index (χ3n) is 2.21. The number of rotatable bonds is 5. The van der Waals surface area contributed by atoms with Gasteiger partial charge >= 0.3 is 11.9 Å². The molecule has 0 radical (unpaired) electrons. The standard InChI is InChI=1S/C12H15NO4/c1-7(2)6-13-9-5-3-4-8(11(14)15)10(9)12(16)17/h3-5,7,13H,6H2,1-2H3,(H,14,15)(H,16,17). The number of benzene rings is 1. The summed E-state index contributed by atoms with van der Waals surface area (Å²) in [5, 5.41) is 20.9. The van der Waals surface area contributed by atoms with Gasteiger partial charge in [-0.15, -0.1) is 0 Å². The molecule has 0 amide bonds. The summed E-state index contributed by atoms with van der Waals surface area (Å²) in [7, 11) is 0. The van der Waals surface area contributed by atoms with Crippen molar-refractivity contribution in [2.24, 2.45) is 5.92 Å². The number of aromatic carboxylic acids is 2. The lowest BCUT2D eigenvalue weighted by Gasteiger charge is -2.13. The highest BCUT2D eigenvalue weighted by molar-refractivity contribution is 6.05. The lowest BCUT2D eigenvalue weighted by molar-refractivity contribution is 0.0652. The van der Waals surface area contributed by atoms with Crippen LogP contribution in [0.4, 0.5) is 5.69 Å². The molecule has 0 saturated carbocycles. The lowest BCUT2D eigenvalue weighted by Crippen LogP contribution is -2.15. The summed E-state index contributed by atoms with van der Waals surface area (Å²) in [4.78, 5) is 22.0. The first-order valence-corrected chi connectivity index (χ1v) is 5.27. The Kier molecular flexibility index (Phi) is 4.09. The zero-order valence-corrected chi connectivity index (χ0v) is 9.73. The molecule has 0 fully saturated rings. The first kappa shape index (κ1) is 13.0. The predicted octanol–water partition coefficient (Wildman–Crippen LogP) is 2.15. The maximum absolute atomic E-state index is 11.1. The fraction of sp³-hybridized carbons (Fsp3) is 0.333. The van der Waals surface area contributed by atoms with Crippen molar-refractivity contribution in [1.29, 1.82) is 0 Å². The van der Waals surface area contributed by atoms with Gasteiger partial charge in [0.1, 0.15) is 0 Å². The summed E-state index contributed by atoms with van der Waals surface area (Å²) >= 11 is 0. The van der Waals surface area contributed by atoms with Crippen LogP contribution in [0, 0.1) is 5.92 Å². The molecule has 0 aliphatic rings. The Balaban J connectivity index is 3.16. The predicted molar refractivity (Wildman–Crippen MR) is 63.7 cm³/mol. The highest BCUT2D eigenvalue weighted by Gasteiger charge is 2.19. The van der Waals surface area contributed by atoms with Crippen LogP contribution in [0.1, 0.15) is 34.6 Å². The van der Waals surface area contributed by atoms with E-state index in [1.165, 1.54) is 12.1 Å². The molecule has 0 atom stereocenters. The van der Waals surface area contributed by atoms with Crippen LogP contribution in [0.5, 0.6) is 0 Å². The summed E-state index contributed by atoms with van der Waals surface area (Å²) in [6, 6.07) is 4.38. The first-order chi connectivity index (χ1) is 7.93. The Morgan fingerprint density at radius 1 is 1.24 bits per heavy atom. The molecule has 5 nitrogen and oxygen atoms in total. The molecule has 1 aromatic carbocycles. The van der Waals surface area contributed by atoms with Gasteiger partial charge in [-0.05, 0) is 18.1 Å². The minimum Gasteiger partial charge on any atom is -0.478 e. The SMILES string of the molecule is CC(C)CNc1cccc(C(=O)O)c1C(=O)O. The van der Waals surface area contributed by atoms with Crippen molar-refractivity contribution in [2.75, 3.05) is 11.9 Å². The van der Waals surface area contributed by atoms with Crippen molar-refractivity contribution >= 4 is 17.6 Å². The van der Waals surface area contributed by atoms with E-state index in [0.717, 1.165) is 0 Å². The van der Waals surface area contributed by atoms with Gasteiger partial charge in [-0.2, -0.15) is 0 Å². The van der Waals surface area contributed by atoms with Gasteiger partial charge < -0.3 is 15.5 Å². The molecule has 5 heteroatoms. The van der Waals surface area contributed by atoms with Crippen LogP contribution in [-0.4, -0.2) is 28.7 Å². The first-order valence-electron chi connectivity index (χ1n) is 5.27. The van der Waals surface area contributed by atoms with Crippen molar-refractivity contribution < 1.29 is 19.8 Å². The summed E-state index contributed by atoms with van der Waals surface area (Å²) in [5.74, 6) is -2.14. The Morgan fingerprint density at radius 3 is 2.35 bits per heavy atom. The number of carboxylic acids is 2. The van der Waals surface area contributed by atoms with Crippen LogP contribution < -0.4 is 5.32 Å². The zero-order chi connectivity index (χ0) is 13.0. The molecule has 0 saturated heterocycles. The average Bonchev–Trinajstić information content (AvgIpc) is 2.25.